The summed E-state index contributed by atoms with van der Waals surface area (Å²) in [7, 11) is 2.00. The van der Waals surface area contributed by atoms with E-state index in [2.05, 4.69) is 4.90 Å². The van der Waals surface area contributed by atoms with Crippen LogP contribution in [-0.2, 0) is 9.53 Å². The molecule has 2 N–H and O–H groups in total. The van der Waals surface area contributed by atoms with Gasteiger partial charge < -0.3 is 20.3 Å². The van der Waals surface area contributed by atoms with Gasteiger partial charge in [0, 0.05) is 38.7 Å². The summed E-state index contributed by atoms with van der Waals surface area (Å²) in [5.74, 6) is -2.09. The molecule has 0 spiro atoms. The number of hydrogen-bond acceptors (Lipinski definition) is 5. The van der Waals surface area contributed by atoms with Crippen LogP contribution in [0, 0.1) is 11.6 Å². The van der Waals surface area contributed by atoms with E-state index in [0.717, 1.165) is 36.2 Å². The van der Waals surface area contributed by atoms with Crippen molar-refractivity contribution in [1.29, 1.82) is 0 Å². The highest BCUT2D eigenvalue weighted by atomic mass is 19.1. The first kappa shape index (κ1) is 20.0. The molecule has 1 saturated carbocycles. The van der Waals surface area contributed by atoms with E-state index < -0.39 is 36.0 Å². The molecule has 2 heterocycles. The van der Waals surface area contributed by atoms with Gasteiger partial charge >= 0.3 is 0 Å². The maximum atomic E-state index is 13.8. The van der Waals surface area contributed by atoms with Crippen molar-refractivity contribution in [3.8, 4) is 0 Å². The Morgan fingerprint density at radius 3 is 2.31 bits per heavy atom. The number of anilines is 1. The van der Waals surface area contributed by atoms with Crippen molar-refractivity contribution in [3.63, 3.8) is 0 Å². The SMILES string of the molecule is CN1CCN(C2=C(OC3CCC(F)C3)C(=O)N(c3cc(F)cc(F)c3)C2N)CC1. The molecule has 0 aromatic heterocycles. The van der Waals surface area contributed by atoms with Gasteiger partial charge in [-0.2, -0.15) is 0 Å². The number of ether oxygens (including phenoxy) is 1. The minimum Gasteiger partial charge on any atom is -0.483 e. The third-order valence-electron chi connectivity index (χ3n) is 5.78. The van der Waals surface area contributed by atoms with E-state index in [0.29, 0.717) is 31.6 Å². The molecule has 0 bridgehead atoms. The molecule has 29 heavy (non-hydrogen) atoms. The fourth-order valence-corrected chi connectivity index (χ4v) is 4.21. The zero-order valence-electron chi connectivity index (χ0n) is 16.3. The van der Waals surface area contributed by atoms with Gasteiger partial charge in [0.1, 0.15) is 35.8 Å². The Morgan fingerprint density at radius 1 is 1.07 bits per heavy atom. The molecule has 2 fully saturated rings. The zero-order chi connectivity index (χ0) is 20.7. The summed E-state index contributed by atoms with van der Waals surface area (Å²) < 4.78 is 47.1. The van der Waals surface area contributed by atoms with Crippen LogP contribution in [0.5, 0.6) is 0 Å². The van der Waals surface area contributed by atoms with Crippen molar-refractivity contribution in [2.45, 2.75) is 37.7 Å². The van der Waals surface area contributed by atoms with Gasteiger partial charge in [0.05, 0.1) is 5.69 Å². The van der Waals surface area contributed by atoms with Crippen LogP contribution in [0.2, 0.25) is 0 Å². The predicted octanol–water partition coefficient (Wildman–Crippen LogP) is 1.96. The molecule has 3 unspecified atom stereocenters. The van der Waals surface area contributed by atoms with Crippen molar-refractivity contribution in [2.75, 3.05) is 38.1 Å². The van der Waals surface area contributed by atoms with Crippen LogP contribution in [0.25, 0.3) is 0 Å². The lowest BCUT2D eigenvalue weighted by molar-refractivity contribution is -0.118. The van der Waals surface area contributed by atoms with E-state index in [9.17, 15) is 18.0 Å². The fraction of sp³-hybridized carbons (Fsp3) is 0.550. The molecule has 1 saturated heterocycles. The molecule has 6 nitrogen and oxygen atoms in total. The van der Waals surface area contributed by atoms with Crippen LogP contribution in [0.1, 0.15) is 19.3 Å². The first-order chi connectivity index (χ1) is 13.8. The summed E-state index contributed by atoms with van der Waals surface area (Å²) in [6.45, 7) is 2.84. The molecule has 3 atom stereocenters. The molecule has 1 aromatic carbocycles. The highest BCUT2D eigenvalue weighted by Gasteiger charge is 2.44. The van der Waals surface area contributed by atoms with Crippen molar-refractivity contribution in [1.82, 2.24) is 9.80 Å². The average molecular weight is 410 g/mol. The van der Waals surface area contributed by atoms with Gasteiger partial charge in [0.15, 0.2) is 0 Å². The number of amides is 1. The normalized spacial score (nSPS) is 28.6. The smallest absolute Gasteiger partial charge is 0.296 e. The second-order valence-electron chi connectivity index (χ2n) is 7.90. The van der Waals surface area contributed by atoms with E-state index in [-0.39, 0.29) is 17.9 Å². The number of hydrogen-bond donors (Lipinski definition) is 1. The van der Waals surface area contributed by atoms with Crippen LogP contribution in [0.15, 0.2) is 29.7 Å². The number of halogens is 3. The van der Waals surface area contributed by atoms with E-state index in [1.54, 1.807) is 0 Å². The van der Waals surface area contributed by atoms with Gasteiger partial charge in [-0.3, -0.25) is 9.69 Å². The highest BCUT2D eigenvalue weighted by molar-refractivity contribution is 6.08. The predicted molar refractivity (Wildman–Crippen MR) is 102 cm³/mol. The molecule has 1 amide bonds. The Labute approximate surface area is 167 Å². The van der Waals surface area contributed by atoms with Gasteiger partial charge in [0.2, 0.25) is 5.76 Å². The summed E-state index contributed by atoms with van der Waals surface area (Å²) in [6.07, 6.45) is -1.19. The number of benzene rings is 1. The van der Waals surface area contributed by atoms with Gasteiger partial charge in [-0.15, -0.1) is 0 Å². The molecule has 1 aliphatic carbocycles. The number of nitrogens with two attached hydrogens (primary N) is 1. The zero-order valence-corrected chi connectivity index (χ0v) is 16.3. The number of rotatable bonds is 4. The Morgan fingerprint density at radius 2 is 1.72 bits per heavy atom. The topological polar surface area (TPSA) is 62.0 Å². The summed E-state index contributed by atoms with van der Waals surface area (Å²) in [5, 5.41) is 0. The molecule has 4 rings (SSSR count). The Bertz CT molecular complexity index is 806. The minimum absolute atomic E-state index is 0.0278. The molecule has 1 aromatic rings. The second kappa shape index (κ2) is 7.87. The number of carbonyl (C=O) groups excluding carboxylic acids is 1. The van der Waals surface area contributed by atoms with Crippen LogP contribution in [0.4, 0.5) is 18.9 Å². The largest absolute Gasteiger partial charge is 0.483 e. The number of likely N-dealkylation sites (N-methyl/N-ethyl adjacent to an activating group) is 1. The van der Waals surface area contributed by atoms with Gasteiger partial charge in [0.25, 0.3) is 5.91 Å². The summed E-state index contributed by atoms with van der Waals surface area (Å²) in [4.78, 5) is 18.5. The second-order valence-corrected chi connectivity index (χ2v) is 7.90. The lowest BCUT2D eigenvalue weighted by atomic mass is 10.2. The molecular formula is C20H25F3N4O2. The van der Waals surface area contributed by atoms with Gasteiger partial charge in [-0.25, -0.2) is 13.2 Å². The van der Waals surface area contributed by atoms with Gasteiger partial charge in [-0.05, 0) is 32.0 Å². The summed E-state index contributed by atoms with van der Waals surface area (Å²) >= 11 is 0. The van der Waals surface area contributed by atoms with Crippen LogP contribution in [0.3, 0.4) is 0 Å². The third-order valence-corrected chi connectivity index (χ3v) is 5.78. The molecule has 9 heteroatoms. The first-order valence-corrected chi connectivity index (χ1v) is 9.87. The third kappa shape index (κ3) is 3.93. The van der Waals surface area contributed by atoms with Gasteiger partial charge in [-0.1, -0.05) is 0 Å². The summed E-state index contributed by atoms with van der Waals surface area (Å²) in [5.41, 5.74) is 6.92. The highest BCUT2D eigenvalue weighted by Crippen LogP contribution is 2.36. The molecule has 0 radical (unpaired) electrons. The van der Waals surface area contributed by atoms with Crippen LogP contribution < -0.4 is 10.6 Å². The van der Waals surface area contributed by atoms with Crippen LogP contribution >= 0.6 is 0 Å². The molecule has 2 aliphatic heterocycles. The standard InChI is InChI=1S/C20H25F3N4O2/c1-25-4-6-26(7-5-25)17-18(29-16-3-2-12(21)11-16)20(28)27(19(17)24)15-9-13(22)8-14(23)10-15/h8-10,12,16,19H,2-7,11,24H2,1H3. The van der Waals surface area contributed by atoms with Crippen LogP contribution in [-0.4, -0.2) is 67.4 Å². The average Bonchev–Trinajstić information content (AvgIpc) is 3.16. The van der Waals surface area contributed by atoms with Crippen molar-refractivity contribution < 1.29 is 22.7 Å². The number of alkyl halides is 1. The maximum absolute atomic E-state index is 13.8. The maximum Gasteiger partial charge on any atom is 0.296 e. The molecular weight excluding hydrogens is 385 g/mol. The van der Waals surface area contributed by atoms with Crippen molar-refractivity contribution >= 4 is 11.6 Å². The Balaban J connectivity index is 1.67. The Kier molecular flexibility index (Phi) is 5.44. The molecule has 3 aliphatic rings. The number of piperazine rings is 1. The van der Waals surface area contributed by atoms with Crippen molar-refractivity contribution in [2.24, 2.45) is 5.73 Å². The molecule has 158 valence electrons. The number of nitrogens with zero attached hydrogens (tertiary/aromatic N) is 3. The number of carbonyl (C=O) groups is 1. The lowest BCUT2D eigenvalue weighted by Crippen LogP contribution is -2.50. The van der Waals surface area contributed by atoms with E-state index in [1.165, 1.54) is 0 Å². The van der Waals surface area contributed by atoms with E-state index in [4.69, 9.17) is 10.5 Å². The first-order valence-electron chi connectivity index (χ1n) is 9.87. The van der Waals surface area contributed by atoms with Crippen molar-refractivity contribution in [3.05, 3.63) is 41.3 Å². The lowest BCUT2D eigenvalue weighted by Gasteiger charge is -2.37. The monoisotopic (exact) mass is 410 g/mol. The Hall–Kier alpha value is -2.26. The fourth-order valence-electron chi connectivity index (χ4n) is 4.21. The summed E-state index contributed by atoms with van der Waals surface area (Å²) in [6, 6.07) is 2.87. The minimum atomic E-state index is -0.953. The quantitative estimate of drug-likeness (QED) is 0.822. The van der Waals surface area contributed by atoms with E-state index in [1.807, 2.05) is 11.9 Å². The van der Waals surface area contributed by atoms with E-state index >= 15 is 0 Å².